The van der Waals surface area contributed by atoms with E-state index in [9.17, 15) is 14.7 Å². The van der Waals surface area contributed by atoms with E-state index in [0.717, 1.165) is 5.56 Å². The fourth-order valence-electron chi connectivity index (χ4n) is 2.39. The lowest BCUT2D eigenvalue weighted by Crippen LogP contribution is -2.43. The van der Waals surface area contributed by atoms with Gasteiger partial charge in [-0.15, -0.1) is 11.8 Å². The van der Waals surface area contributed by atoms with E-state index in [1.54, 1.807) is 30.3 Å². The number of carbonyl (C=O) groups excluding carboxylic acids is 1. The van der Waals surface area contributed by atoms with Crippen LogP contribution in [0.3, 0.4) is 0 Å². The van der Waals surface area contributed by atoms with Gasteiger partial charge in [-0.3, -0.25) is 4.79 Å². The Bertz CT molecular complexity index is 703. The lowest BCUT2D eigenvalue weighted by Gasteiger charge is -2.27. The summed E-state index contributed by atoms with van der Waals surface area (Å²) in [6, 6.07) is 7.47. The third-order valence-corrected chi connectivity index (χ3v) is 5.11. The summed E-state index contributed by atoms with van der Waals surface area (Å²) in [7, 11) is 0. The lowest BCUT2D eigenvalue weighted by molar-refractivity contribution is -0.141. The molecule has 114 valence electrons. The average Bonchev–Trinajstić information content (AvgIpc) is 3.15. The van der Waals surface area contributed by atoms with Gasteiger partial charge >= 0.3 is 5.97 Å². The van der Waals surface area contributed by atoms with Gasteiger partial charge in [0.2, 0.25) is 0 Å². The summed E-state index contributed by atoms with van der Waals surface area (Å²) in [5.74, 6) is -1.10. The van der Waals surface area contributed by atoms with E-state index in [0.29, 0.717) is 16.3 Å². The quantitative estimate of drug-likeness (QED) is 0.930. The Labute approximate surface area is 135 Å². The van der Waals surface area contributed by atoms with Gasteiger partial charge in [-0.25, -0.2) is 4.79 Å². The minimum absolute atomic E-state index is 0.298. The van der Waals surface area contributed by atoms with Crippen molar-refractivity contribution in [2.45, 2.75) is 11.4 Å². The highest BCUT2D eigenvalue weighted by molar-refractivity contribution is 7.99. The van der Waals surface area contributed by atoms with Crippen LogP contribution in [0.1, 0.15) is 21.3 Å². The van der Waals surface area contributed by atoms with E-state index in [1.165, 1.54) is 29.2 Å². The first-order chi connectivity index (χ1) is 10.6. The molecule has 1 aliphatic heterocycles. The molecule has 0 aliphatic carbocycles. The molecular formula is C15H12ClNO4S. The first-order valence-corrected chi connectivity index (χ1v) is 7.96. The Hall–Kier alpha value is -1.92. The first-order valence-electron chi connectivity index (χ1n) is 6.53. The van der Waals surface area contributed by atoms with Crippen molar-refractivity contribution >= 4 is 35.2 Å². The zero-order valence-corrected chi connectivity index (χ0v) is 12.9. The molecule has 1 aromatic heterocycles. The third kappa shape index (κ3) is 2.60. The minimum atomic E-state index is -1.03. The fraction of sp³-hybridized carbons (Fsp3) is 0.200. The van der Waals surface area contributed by atoms with Gasteiger partial charge in [-0.1, -0.05) is 23.7 Å². The van der Waals surface area contributed by atoms with E-state index in [1.807, 2.05) is 0 Å². The molecule has 0 unspecified atom stereocenters. The molecule has 0 spiro atoms. The van der Waals surface area contributed by atoms with Crippen LogP contribution in [0, 0.1) is 0 Å². The Balaban J connectivity index is 2.00. The molecule has 0 bridgehead atoms. The standard InChI is InChI=1S/C15H12ClNO4S/c16-11-4-2-1-3-10(11)13(18)17-12(15(19)20)8-22-14(17)9-5-6-21-7-9/h1-7,12,14H,8H2,(H,19,20)/t12-,14+/m0/s1. The number of carboxylic acid groups (broad SMARTS) is 1. The number of thioether (sulfide) groups is 1. The molecule has 5 nitrogen and oxygen atoms in total. The highest BCUT2D eigenvalue weighted by Gasteiger charge is 2.43. The molecule has 2 aromatic rings. The van der Waals surface area contributed by atoms with Crippen LogP contribution in [0.15, 0.2) is 47.3 Å². The van der Waals surface area contributed by atoms with Gasteiger partial charge in [0, 0.05) is 11.3 Å². The van der Waals surface area contributed by atoms with Crippen molar-refractivity contribution in [2.24, 2.45) is 0 Å². The van der Waals surface area contributed by atoms with Gasteiger partial charge < -0.3 is 14.4 Å². The van der Waals surface area contributed by atoms with Crippen LogP contribution in [0.2, 0.25) is 5.02 Å². The van der Waals surface area contributed by atoms with Crippen molar-refractivity contribution in [2.75, 3.05) is 5.75 Å². The van der Waals surface area contributed by atoms with Crippen molar-refractivity contribution in [3.8, 4) is 0 Å². The molecule has 2 heterocycles. The molecule has 1 fully saturated rings. The van der Waals surface area contributed by atoms with Gasteiger partial charge in [-0.2, -0.15) is 0 Å². The molecule has 22 heavy (non-hydrogen) atoms. The second-order valence-corrected chi connectivity index (χ2v) is 6.31. The topological polar surface area (TPSA) is 70.8 Å². The molecule has 1 amide bonds. The molecular weight excluding hydrogens is 326 g/mol. The van der Waals surface area contributed by atoms with Gasteiger partial charge in [0.05, 0.1) is 23.1 Å². The number of aliphatic carboxylic acids is 1. The van der Waals surface area contributed by atoms with Gasteiger partial charge in [0.15, 0.2) is 0 Å². The summed E-state index contributed by atoms with van der Waals surface area (Å²) in [4.78, 5) is 25.7. The maximum absolute atomic E-state index is 12.8. The van der Waals surface area contributed by atoms with E-state index in [4.69, 9.17) is 16.0 Å². The van der Waals surface area contributed by atoms with Gasteiger partial charge in [-0.05, 0) is 18.2 Å². The highest BCUT2D eigenvalue weighted by atomic mass is 35.5. The highest BCUT2D eigenvalue weighted by Crippen LogP contribution is 2.42. The van der Waals surface area contributed by atoms with Gasteiger partial charge in [0.1, 0.15) is 11.4 Å². The maximum atomic E-state index is 12.8. The number of halogens is 1. The summed E-state index contributed by atoms with van der Waals surface area (Å²) in [6.07, 6.45) is 3.02. The molecule has 1 saturated heterocycles. The molecule has 1 aliphatic rings. The zero-order chi connectivity index (χ0) is 15.7. The smallest absolute Gasteiger partial charge is 0.327 e. The third-order valence-electron chi connectivity index (χ3n) is 3.45. The number of benzene rings is 1. The van der Waals surface area contributed by atoms with E-state index in [-0.39, 0.29) is 0 Å². The zero-order valence-electron chi connectivity index (χ0n) is 11.3. The molecule has 2 atom stereocenters. The summed E-state index contributed by atoms with van der Waals surface area (Å²) in [6.45, 7) is 0. The molecule has 3 rings (SSSR count). The second-order valence-electron chi connectivity index (χ2n) is 4.79. The van der Waals surface area contributed by atoms with E-state index < -0.39 is 23.3 Å². The second kappa shape index (κ2) is 6.06. The van der Waals surface area contributed by atoms with Crippen LogP contribution in [0.4, 0.5) is 0 Å². The van der Waals surface area contributed by atoms with Crippen LogP contribution in [-0.4, -0.2) is 33.7 Å². The van der Waals surface area contributed by atoms with Crippen molar-refractivity contribution < 1.29 is 19.1 Å². The van der Waals surface area contributed by atoms with Crippen LogP contribution in [0.5, 0.6) is 0 Å². The summed E-state index contributed by atoms with van der Waals surface area (Å²) < 4.78 is 5.06. The maximum Gasteiger partial charge on any atom is 0.327 e. The number of hydrogen-bond acceptors (Lipinski definition) is 4. The predicted molar refractivity (Wildman–Crippen MR) is 83.0 cm³/mol. The lowest BCUT2D eigenvalue weighted by atomic mass is 10.1. The number of furan rings is 1. The molecule has 0 saturated carbocycles. The van der Waals surface area contributed by atoms with Crippen LogP contribution in [-0.2, 0) is 4.79 Å². The largest absolute Gasteiger partial charge is 0.480 e. The minimum Gasteiger partial charge on any atom is -0.480 e. The molecule has 0 radical (unpaired) electrons. The van der Waals surface area contributed by atoms with E-state index in [2.05, 4.69) is 0 Å². The number of amides is 1. The number of carboxylic acids is 1. The molecule has 7 heteroatoms. The van der Waals surface area contributed by atoms with E-state index >= 15 is 0 Å². The van der Waals surface area contributed by atoms with Gasteiger partial charge in [0.25, 0.3) is 5.91 Å². The average molecular weight is 338 g/mol. The Morgan fingerprint density at radius 3 is 2.73 bits per heavy atom. The number of nitrogens with zero attached hydrogens (tertiary/aromatic N) is 1. The van der Waals surface area contributed by atoms with Crippen molar-refractivity contribution in [1.82, 2.24) is 4.90 Å². The SMILES string of the molecule is O=C(O)[C@@H]1CS[C@H](c2ccoc2)N1C(=O)c1ccccc1Cl. The molecule has 1 aromatic carbocycles. The Morgan fingerprint density at radius 1 is 1.32 bits per heavy atom. The summed E-state index contributed by atoms with van der Waals surface area (Å²) in [5.41, 5.74) is 1.06. The van der Waals surface area contributed by atoms with Crippen LogP contribution >= 0.6 is 23.4 Å². The molecule has 1 N–H and O–H groups in total. The predicted octanol–water partition coefficient (Wildman–Crippen LogP) is 3.27. The van der Waals surface area contributed by atoms with Crippen LogP contribution < -0.4 is 0 Å². The number of carbonyl (C=O) groups is 2. The van der Waals surface area contributed by atoms with Crippen molar-refractivity contribution in [3.05, 3.63) is 59.0 Å². The number of rotatable bonds is 3. The first kappa shape index (κ1) is 15.0. The fourth-order valence-corrected chi connectivity index (χ4v) is 4.00. The van der Waals surface area contributed by atoms with Crippen molar-refractivity contribution in [3.63, 3.8) is 0 Å². The Morgan fingerprint density at radius 2 is 2.09 bits per heavy atom. The summed E-state index contributed by atoms with van der Waals surface area (Å²) >= 11 is 7.47. The van der Waals surface area contributed by atoms with Crippen LogP contribution in [0.25, 0.3) is 0 Å². The normalized spacial score (nSPS) is 21.0. The van der Waals surface area contributed by atoms with Crippen molar-refractivity contribution in [1.29, 1.82) is 0 Å². The summed E-state index contributed by atoms with van der Waals surface area (Å²) in [5, 5.41) is 9.31. The number of hydrogen-bond donors (Lipinski definition) is 1. The Kier molecular flexibility index (Phi) is 4.13. The monoisotopic (exact) mass is 337 g/mol.